The number of nitrogens with zero attached hydrogens (tertiary/aromatic N) is 3. The molecule has 0 radical (unpaired) electrons. The van der Waals surface area contributed by atoms with E-state index in [1.54, 1.807) is 22.0 Å². The summed E-state index contributed by atoms with van der Waals surface area (Å²) in [5, 5.41) is 3.26. The SMILES string of the molecule is CCOCCCn1c(SCC(=O)N2CCCC2c2cccs2)nc2ccccc2c1=O. The van der Waals surface area contributed by atoms with E-state index in [2.05, 4.69) is 11.4 Å². The molecule has 1 aromatic carbocycles. The number of carbonyl (C=O) groups is 1. The van der Waals surface area contributed by atoms with Crippen LogP contribution in [-0.4, -0.2) is 45.9 Å². The first-order valence-corrected chi connectivity index (χ1v) is 12.6. The van der Waals surface area contributed by atoms with Crippen LogP contribution in [0.25, 0.3) is 10.9 Å². The number of aromatic nitrogens is 2. The van der Waals surface area contributed by atoms with Gasteiger partial charge >= 0.3 is 0 Å². The van der Waals surface area contributed by atoms with E-state index in [4.69, 9.17) is 9.72 Å². The Bertz CT molecular complexity index is 1080. The van der Waals surface area contributed by atoms with Crippen molar-refractivity contribution in [3.8, 4) is 0 Å². The summed E-state index contributed by atoms with van der Waals surface area (Å²) in [6.45, 7) is 4.51. The van der Waals surface area contributed by atoms with Crippen molar-refractivity contribution >= 4 is 39.9 Å². The van der Waals surface area contributed by atoms with Crippen LogP contribution in [0, 0.1) is 0 Å². The zero-order valence-corrected chi connectivity index (χ0v) is 19.3. The van der Waals surface area contributed by atoms with Crippen LogP contribution in [0.15, 0.2) is 51.7 Å². The predicted octanol–water partition coefficient (Wildman–Crippen LogP) is 4.34. The molecule has 164 valence electrons. The summed E-state index contributed by atoms with van der Waals surface area (Å²) in [5.74, 6) is 0.377. The van der Waals surface area contributed by atoms with Crippen molar-refractivity contribution < 1.29 is 9.53 Å². The van der Waals surface area contributed by atoms with Crippen LogP contribution in [0.3, 0.4) is 0 Å². The minimum atomic E-state index is -0.0605. The van der Waals surface area contributed by atoms with E-state index < -0.39 is 0 Å². The lowest BCUT2D eigenvalue weighted by Gasteiger charge is -2.24. The van der Waals surface area contributed by atoms with Crippen LogP contribution < -0.4 is 5.56 Å². The Balaban J connectivity index is 1.52. The molecule has 1 atom stereocenters. The number of hydrogen-bond donors (Lipinski definition) is 0. The summed E-state index contributed by atoms with van der Waals surface area (Å²) >= 11 is 3.06. The first-order chi connectivity index (χ1) is 15.2. The maximum atomic E-state index is 13.1. The van der Waals surface area contributed by atoms with Crippen molar-refractivity contribution in [2.75, 3.05) is 25.5 Å². The molecule has 0 N–H and O–H groups in total. The number of thioether (sulfide) groups is 1. The van der Waals surface area contributed by atoms with Gasteiger partial charge in [0.2, 0.25) is 5.91 Å². The Morgan fingerprint density at radius 1 is 1.29 bits per heavy atom. The maximum Gasteiger partial charge on any atom is 0.262 e. The van der Waals surface area contributed by atoms with Crippen molar-refractivity contribution in [3.05, 3.63) is 57.0 Å². The quantitative estimate of drug-likeness (QED) is 0.272. The Kier molecular flexibility index (Phi) is 7.42. The number of hydrogen-bond acceptors (Lipinski definition) is 6. The number of para-hydroxylation sites is 1. The maximum absolute atomic E-state index is 13.1. The topological polar surface area (TPSA) is 64.4 Å². The highest BCUT2D eigenvalue weighted by molar-refractivity contribution is 7.99. The number of likely N-dealkylation sites (tertiary alicyclic amines) is 1. The van der Waals surface area contributed by atoms with Gasteiger partial charge in [0.25, 0.3) is 5.56 Å². The number of rotatable bonds is 9. The molecular formula is C23H27N3O3S2. The van der Waals surface area contributed by atoms with Crippen LogP contribution in [0.2, 0.25) is 0 Å². The highest BCUT2D eigenvalue weighted by Gasteiger charge is 2.30. The van der Waals surface area contributed by atoms with E-state index in [1.165, 1.54) is 16.6 Å². The van der Waals surface area contributed by atoms with Gasteiger partial charge in [0, 0.05) is 31.2 Å². The highest BCUT2D eigenvalue weighted by atomic mass is 32.2. The molecule has 1 aliphatic rings. The van der Waals surface area contributed by atoms with Gasteiger partial charge in [-0.2, -0.15) is 0 Å². The van der Waals surface area contributed by atoms with E-state index in [9.17, 15) is 9.59 Å². The third kappa shape index (κ3) is 5.02. The minimum absolute atomic E-state index is 0.0605. The van der Waals surface area contributed by atoms with Crippen molar-refractivity contribution in [3.63, 3.8) is 0 Å². The zero-order chi connectivity index (χ0) is 21.6. The Morgan fingerprint density at radius 2 is 2.16 bits per heavy atom. The second-order valence-electron chi connectivity index (χ2n) is 7.47. The summed E-state index contributed by atoms with van der Waals surface area (Å²) in [4.78, 5) is 34.1. The third-order valence-corrected chi connectivity index (χ3v) is 7.41. The van der Waals surface area contributed by atoms with Crippen molar-refractivity contribution in [1.82, 2.24) is 14.5 Å². The van der Waals surface area contributed by atoms with Crippen molar-refractivity contribution in [2.45, 2.75) is 43.9 Å². The van der Waals surface area contributed by atoms with E-state index >= 15 is 0 Å². The van der Waals surface area contributed by atoms with Gasteiger partial charge < -0.3 is 9.64 Å². The first kappa shape index (κ1) is 22.0. The van der Waals surface area contributed by atoms with Crippen molar-refractivity contribution in [1.29, 1.82) is 0 Å². The minimum Gasteiger partial charge on any atom is -0.382 e. The highest BCUT2D eigenvalue weighted by Crippen LogP contribution is 2.35. The normalized spacial score (nSPS) is 16.3. The smallest absolute Gasteiger partial charge is 0.262 e. The van der Waals surface area contributed by atoms with Gasteiger partial charge in [-0.1, -0.05) is 30.0 Å². The van der Waals surface area contributed by atoms with E-state index in [0.29, 0.717) is 35.8 Å². The summed E-state index contributed by atoms with van der Waals surface area (Å²) in [7, 11) is 0. The number of ether oxygens (including phenoxy) is 1. The Morgan fingerprint density at radius 3 is 2.97 bits per heavy atom. The number of carbonyl (C=O) groups excluding carboxylic acids is 1. The molecule has 3 aromatic rings. The fraction of sp³-hybridized carbons (Fsp3) is 0.435. The molecule has 0 saturated carbocycles. The Labute approximate surface area is 190 Å². The molecule has 1 unspecified atom stereocenters. The monoisotopic (exact) mass is 457 g/mol. The number of amides is 1. The summed E-state index contributed by atoms with van der Waals surface area (Å²) in [6, 6.07) is 11.7. The van der Waals surface area contributed by atoms with Crippen LogP contribution in [-0.2, 0) is 16.1 Å². The third-order valence-electron chi connectivity index (χ3n) is 5.47. The van der Waals surface area contributed by atoms with Crippen LogP contribution in [0.4, 0.5) is 0 Å². The van der Waals surface area contributed by atoms with E-state index in [1.807, 2.05) is 36.1 Å². The molecule has 8 heteroatoms. The second-order valence-corrected chi connectivity index (χ2v) is 9.39. The standard InChI is InChI=1S/C23H27N3O3S2/c1-2-29-14-7-13-26-22(28)17-8-3-4-9-18(17)24-23(26)31-16-21(27)25-12-5-10-19(25)20-11-6-15-30-20/h3-4,6,8-9,11,15,19H,2,5,7,10,12-14,16H2,1H3. The largest absolute Gasteiger partial charge is 0.382 e. The molecule has 4 rings (SSSR count). The average Bonchev–Trinajstić information content (AvgIpc) is 3.48. The molecule has 2 aromatic heterocycles. The van der Waals surface area contributed by atoms with Crippen molar-refractivity contribution in [2.24, 2.45) is 0 Å². The number of benzene rings is 1. The number of fused-ring (bicyclic) bond motifs is 1. The molecule has 0 aliphatic carbocycles. The molecule has 1 fully saturated rings. The van der Waals surface area contributed by atoms with Gasteiger partial charge in [0.15, 0.2) is 5.16 Å². The van der Waals surface area contributed by atoms with Gasteiger partial charge in [-0.25, -0.2) is 4.98 Å². The molecule has 0 bridgehead atoms. The van der Waals surface area contributed by atoms with Gasteiger partial charge in [-0.3, -0.25) is 14.2 Å². The molecule has 1 amide bonds. The fourth-order valence-electron chi connectivity index (χ4n) is 3.98. The van der Waals surface area contributed by atoms with Gasteiger partial charge in [0.05, 0.1) is 22.7 Å². The summed E-state index contributed by atoms with van der Waals surface area (Å²) in [6.07, 6.45) is 2.75. The molecule has 3 heterocycles. The molecule has 1 saturated heterocycles. The number of thiophene rings is 1. The molecule has 1 aliphatic heterocycles. The van der Waals surface area contributed by atoms with Crippen LogP contribution >= 0.6 is 23.1 Å². The summed E-state index contributed by atoms with van der Waals surface area (Å²) in [5.41, 5.74) is 0.607. The van der Waals surface area contributed by atoms with Gasteiger partial charge in [-0.15, -0.1) is 11.3 Å². The predicted molar refractivity (Wildman–Crippen MR) is 126 cm³/mol. The fourth-order valence-corrected chi connectivity index (χ4v) is 5.76. The summed E-state index contributed by atoms with van der Waals surface area (Å²) < 4.78 is 7.13. The van der Waals surface area contributed by atoms with E-state index in [0.717, 1.165) is 25.8 Å². The molecule has 0 spiro atoms. The lowest BCUT2D eigenvalue weighted by Crippen LogP contribution is -2.32. The molecule has 6 nitrogen and oxygen atoms in total. The van der Waals surface area contributed by atoms with Crippen LogP contribution in [0.5, 0.6) is 0 Å². The zero-order valence-electron chi connectivity index (χ0n) is 17.7. The van der Waals surface area contributed by atoms with Crippen LogP contribution in [0.1, 0.15) is 37.1 Å². The molecular weight excluding hydrogens is 430 g/mol. The van der Waals surface area contributed by atoms with Gasteiger partial charge in [0.1, 0.15) is 0 Å². The lowest BCUT2D eigenvalue weighted by molar-refractivity contribution is -0.129. The first-order valence-electron chi connectivity index (χ1n) is 10.7. The van der Waals surface area contributed by atoms with E-state index in [-0.39, 0.29) is 23.3 Å². The average molecular weight is 458 g/mol. The Hall–Kier alpha value is -2.16. The lowest BCUT2D eigenvalue weighted by atomic mass is 10.2. The van der Waals surface area contributed by atoms with Gasteiger partial charge in [-0.05, 0) is 49.8 Å². The second kappa shape index (κ2) is 10.4. The molecule has 31 heavy (non-hydrogen) atoms.